The minimum Gasteiger partial charge on any atom is -0.383 e. The van der Waals surface area contributed by atoms with Gasteiger partial charge in [-0.3, -0.25) is 9.59 Å². The van der Waals surface area contributed by atoms with Gasteiger partial charge in [0.2, 0.25) is 5.91 Å². The molecule has 0 radical (unpaired) electrons. The lowest BCUT2D eigenvalue weighted by molar-refractivity contribution is -0.146. The van der Waals surface area contributed by atoms with E-state index in [2.05, 4.69) is 0 Å². The molecule has 5 nitrogen and oxygen atoms in total. The number of rotatable bonds is 4. The van der Waals surface area contributed by atoms with Gasteiger partial charge in [0.15, 0.2) is 0 Å². The van der Waals surface area contributed by atoms with E-state index in [-0.39, 0.29) is 11.8 Å². The van der Waals surface area contributed by atoms with E-state index in [4.69, 9.17) is 27.9 Å². The molecule has 1 atom stereocenters. The molecule has 7 heteroatoms. The first-order valence-corrected chi connectivity index (χ1v) is 9.30. The molecule has 1 aromatic carbocycles. The number of amides is 2. The molecule has 2 aliphatic rings. The molecular formula is C18H22Cl2N2O3. The second kappa shape index (κ2) is 7.52. The Morgan fingerprint density at radius 3 is 2.60 bits per heavy atom. The average Bonchev–Trinajstić information content (AvgIpc) is 3.02. The van der Waals surface area contributed by atoms with Crippen LogP contribution in [0.15, 0.2) is 18.2 Å². The number of carbonyl (C=O) groups excluding carboxylic acids is 2. The second-order valence-corrected chi connectivity index (χ2v) is 7.42. The van der Waals surface area contributed by atoms with Crippen LogP contribution >= 0.6 is 23.2 Å². The molecule has 3 rings (SSSR count). The summed E-state index contributed by atoms with van der Waals surface area (Å²) in [6.45, 7) is 2.37. The molecule has 1 spiro atoms. The lowest BCUT2D eigenvalue weighted by atomic mass is 9.85. The van der Waals surface area contributed by atoms with Gasteiger partial charge >= 0.3 is 0 Å². The van der Waals surface area contributed by atoms with Crippen LogP contribution in [0.1, 0.15) is 36.0 Å². The fourth-order valence-electron chi connectivity index (χ4n) is 3.92. The molecule has 0 aromatic heterocycles. The van der Waals surface area contributed by atoms with Crippen LogP contribution in [0.2, 0.25) is 10.0 Å². The third kappa shape index (κ3) is 3.37. The Balaban J connectivity index is 1.86. The van der Waals surface area contributed by atoms with Gasteiger partial charge in [0, 0.05) is 32.3 Å². The topological polar surface area (TPSA) is 49.9 Å². The van der Waals surface area contributed by atoms with Crippen LogP contribution in [-0.2, 0) is 9.53 Å². The first-order chi connectivity index (χ1) is 12.0. The van der Waals surface area contributed by atoms with Gasteiger partial charge in [-0.15, -0.1) is 0 Å². The molecule has 2 aliphatic heterocycles. The largest absolute Gasteiger partial charge is 0.383 e. The van der Waals surface area contributed by atoms with E-state index >= 15 is 0 Å². The normalized spacial score (nSPS) is 23.6. The molecule has 1 aromatic rings. The Morgan fingerprint density at radius 1 is 1.20 bits per heavy atom. The van der Waals surface area contributed by atoms with Gasteiger partial charge in [-0.25, -0.2) is 0 Å². The summed E-state index contributed by atoms with van der Waals surface area (Å²) in [6.07, 6.45) is 3.14. The fraction of sp³-hybridized carbons (Fsp3) is 0.556. The number of ether oxygens (including phenoxy) is 1. The van der Waals surface area contributed by atoms with Gasteiger partial charge in [0.05, 0.1) is 16.7 Å². The number of hydrogen-bond donors (Lipinski definition) is 0. The van der Waals surface area contributed by atoms with Crippen molar-refractivity contribution in [2.24, 2.45) is 0 Å². The van der Waals surface area contributed by atoms with Crippen molar-refractivity contribution in [3.05, 3.63) is 33.8 Å². The maximum Gasteiger partial charge on any atom is 0.254 e. The van der Waals surface area contributed by atoms with Gasteiger partial charge in [-0.05, 0) is 43.9 Å². The molecule has 0 aliphatic carbocycles. The van der Waals surface area contributed by atoms with E-state index in [0.29, 0.717) is 48.1 Å². The highest BCUT2D eigenvalue weighted by Gasteiger charge is 2.52. The molecule has 136 valence electrons. The van der Waals surface area contributed by atoms with Gasteiger partial charge in [0.1, 0.15) is 5.54 Å². The van der Waals surface area contributed by atoms with Crippen molar-refractivity contribution in [1.29, 1.82) is 0 Å². The smallest absolute Gasteiger partial charge is 0.254 e. The fourth-order valence-corrected chi connectivity index (χ4v) is 4.22. The highest BCUT2D eigenvalue weighted by Crippen LogP contribution is 2.39. The second-order valence-electron chi connectivity index (χ2n) is 6.61. The monoisotopic (exact) mass is 384 g/mol. The first kappa shape index (κ1) is 18.5. The van der Waals surface area contributed by atoms with E-state index < -0.39 is 5.54 Å². The van der Waals surface area contributed by atoms with Crippen LogP contribution in [0.25, 0.3) is 0 Å². The van der Waals surface area contributed by atoms with E-state index in [1.165, 1.54) is 0 Å². The third-order valence-corrected chi connectivity index (χ3v) is 5.91. The van der Waals surface area contributed by atoms with E-state index in [1.54, 1.807) is 30.2 Å². The number of nitrogens with zero attached hydrogens (tertiary/aromatic N) is 2. The summed E-state index contributed by atoms with van der Waals surface area (Å²) in [5.74, 6) is -0.111. The maximum atomic E-state index is 13.2. The number of hydrogen-bond acceptors (Lipinski definition) is 3. The molecular weight excluding hydrogens is 363 g/mol. The van der Waals surface area contributed by atoms with Crippen molar-refractivity contribution >= 4 is 35.0 Å². The lowest BCUT2D eigenvalue weighted by Crippen LogP contribution is -2.61. The maximum absolute atomic E-state index is 13.2. The summed E-state index contributed by atoms with van der Waals surface area (Å²) in [5, 5.41) is 0.756. The zero-order valence-electron chi connectivity index (χ0n) is 14.3. The number of piperidine rings is 1. The highest BCUT2D eigenvalue weighted by molar-refractivity contribution is 6.42. The van der Waals surface area contributed by atoms with Gasteiger partial charge in [0.25, 0.3) is 5.91 Å². The third-order valence-electron chi connectivity index (χ3n) is 5.17. The molecule has 0 N–H and O–H groups in total. The summed E-state index contributed by atoms with van der Waals surface area (Å²) < 4.78 is 5.11. The summed E-state index contributed by atoms with van der Waals surface area (Å²) in [6, 6.07) is 4.86. The SMILES string of the molecule is COCCN1CCCC2(CCCN2C(=O)c2ccc(Cl)c(Cl)c2)C1=O. The number of methoxy groups -OCH3 is 1. The summed E-state index contributed by atoms with van der Waals surface area (Å²) in [7, 11) is 1.62. The van der Waals surface area contributed by atoms with Crippen molar-refractivity contribution in [2.75, 3.05) is 33.4 Å². The van der Waals surface area contributed by atoms with E-state index in [1.807, 2.05) is 4.90 Å². The number of carbonyl (C=O) groups is 2. The molecule has 0 saturated carbocycles. The molecule has 25 heavy (non-hydrogen) atoms. The van der Waals surface area contributed by atoms with E-state index in [9.17, 15) is 9.59 Å². The van der Waals surface area contributed by atoms with Gasteiger partial charge < -0.3 is 14.5 Å². The Hall–Kier alpha value is -1.30. The number of halogens is 2. The van der Waals surface area contributed by atoms with Crippen LogP contribution in [0, 0.1) is 0 Å². The molecule has 2 saturated heterocycles. The summed E-state index contributed by atoms with van der Waals surface area (Å²) >= 11 is 12.0. The van der Waals surface area contributed by atoms with Crippen molar-refractivity contribution in [3.63, 3.8) is 0 Å². The molecule has 2 heterocycles. The Bertz CT molecular complexity index is 682. The number of benzene rings is 1. The van der Waals surface area contributed by atoms with Crippen LogP contribution in [-0.4, -0.2) is 60.5 Å². The Morgan fingerprint density at radius 2 is 1.92 bits per heavy atom. The van der Waals surface area contributed by atoms with Gasteiger partial charge in [-0.1, -0.05) is 23.2 Å². The zero-order valence-corrected chi connectivity index (χ0v) is 15.8. The molecule has 1 unspecified atom stereocenters. The lowest BCUT2D eigenvalue weighted by Gasteiger charge is -2.44. The van der Waals surface area contributed by atoms with Crippen molar-refractivity contribution < 1.29 is 14.3 Å². The zero-order chi connectivity index (χ0) is 18.0. The molecule has 2 amide bonds. The first-order valence-electron chi connectivity index (χ1n) is 8.55. The molecule has 0 bridgehead atoms. The van der Waals surface area contributed by atoms with Crippen LogP contribution in [0.5, 0.6) is 0 Å². The van der Waals surface area contributed by atoms with Gasteiger partial charge in [-0.2, -0.15) is 0 Å². The minimum absolute atomic E-state index is 0.0433. The predicted octanol–water partition coefficient (Wildman–Crippen LogP) is 3.24. The standard InChI is InChI=1S/C18H22Cl2N2O3/c1-25-11-10-21-8-2-6-18(17(21)24)7-3-9-22(18)16(23)13-4-5-14(19)15(20)12-13/h4-5,12H,2-3,6-11H2,1H3. The van der Waals surface area contributed by atoms with Crippen molar-refractivity contribution in [1.82, 2.24) is 9.80 Å². The van der Waals surface area contributed by atoms with Crippen molar-refractivity contribution in [2.45, 2.75) is 31.2 Å². The Labute approximate surface area is 157 Å². The minimum atomic E-state index is -0.727. The highest BCUT2D eigenvalue weighted by atomic mass is 35.5. The van der Waals surface area contributed by atoms with E-state index in [0.717, 1.165) is 19.4 Å². The van der Waals surface area contributed by atoms with Crippen LogP contribution in [0.4, 0.5) is 0 Å². The summed E-state index contributed by atoms with van der Waals surface area (Å²) in [5.41, 5.74) is -0.257. The number of likely N-dealkylation sites (tertiary alicyclic amines) is 2. The van der Waals surface area contributed by atoms with Crippen LogP contribution in [0.3, 0.4) is 0 Å². The van der Waals surface area contributed by atoms with Crippen molar-refractivity contribution in [3.8, 4) is 0 Å². The Kier molecular flexibility index (Phi) is 5.56. The average molecular weight is 385 g/mol. The molecule has 2 fully saturated rings. The predicted molar refractivity (Wildman–Crippen MR) is 97.2 cm³/mol. The van der Waals surface area contributed by atoms with Crippen LogP contribution < -0.4 is 0 Å². The quantitative estimate of drug-likeness (QED) is 0.800. The summed E-state index contributed by atoms with van der Waals surface area (Å²) in [4.78, 5) is 29.8.